The summed E-state index contributed by atoms with van der Waals surface area (Å²) in [6, 6.07) is 7.50. The van der Waals surface area contributed by atoms with Crippen LogP contribution in [0.1, 0.15) is 92.6 Å². The molecule has 1 aromatic carbocycles. The number of hydrogen-bond acceptors (Lipinski definition) is 5. The number of benzene rings is 1. The van der Waals surface area contributed by atoms with Crippen molar-refractivity contribution in [3.8, 4) is 0 Å². The summed E-state index contributed by atoms with van der Waals surface area (Å²) in [6.45, 7) is 17.0. The number of nitrogens with one attached hydrogen (secondary N) is 2. The summed E-state index contributed by atoms with van der Waals surface area (Å²) in [5.74, 6) is 0.142. The van der Waals surface area contributed by atoms with E-state index in [4.69, 9.17) is 0 Å². The van der Waals surface area contributed by atoms with Crippen LogP contribution in [0.4, 0.5) is 0 Å². The van der Waals surface area contributed by atoms with Crippen molar-refractivity contribution in [1.29, 1.82) is 0 Å². The molecule has 2 aliphatic heterocycles. The molecule has 30 heavy (non-hydrogen) atoms. The molecule has 6 heteroatoms. The first-order valence-corrected chi connectivity index (χ1v) is 13.4. The Kier molecular flexibility index (Phi) is 5.60. The fraction of sp³-hybridized carbons (Fsp3) is 0.750. The van der Waals surface area contributed by atoms with Gasteiger partial charge >= 0.3 is 183 Å². The molecule has 5 N–H and O–H groups in total. The number of piperidine rings is 2. The third-order valence-electron chi connectivity index (χ3n) is 6.87. The Morgan fingerprint density at radius 1 is 0.700 bits per heavy atom. The normalized spacial score (nSPS) is 27.9. The molecule has 0 bridgehead atoms. The standard InChI is InChI=1S/C24H43N2O3P/c1-21(2)13-17(14-22(3,4)25-21)19-11-9-10-12-20(19)30(27,28,29)18-15-23(5,6)26-24(7,8)16-18/h9-12,17-18,25-29H,13-16H2,1-8H3. The zero-order chi connectivity index (χ0) is 22.8. The minimum atomic E-state index is -5.14. The Labute approximate surface area is 182 Å². The molecule has 0 aliphatic carbocycles. The van der Waals surface area contributed by atoms with E-state index in [9.17, 15) is 14.7 Å². The average molecular weight is 439 g/mol. The number of rotatable bonds is 3. The molecule has 0 spiro atoms. The van der Waals surface area contributed by atoms with Crippen molar-refractivity contribution >= 4 is 12.6 Å². The molecule has 0 aromatic heterocycles. The van der Waals surface area contributed by atoms with Gasteiger partial charge in [-0.25, -0.2) is 0 Å². The van der Waals surface area contributed by atoms with E-state index in [2.05, 4.69) is 66.0 Å². The van der Waals surface area contributed by atoms with E-state index in [0.717, 1.165) is 18.4 Å². The fourth-order valence-electron chi connectivity index (χ4n) is 6.57. The molecule has 2 saturated heterocycles. The van der Waals surface area contributed by atoms with E-state index in [0.29, 0.717) is 18.1 Å². The van der Waals surface area contributed by atoms with Crippen LogP contribution in [0, 0.1) is 0 Å². The molecule has 0 saturated carbocycles. The quantitative estimate of drug-likeness (QED) is 0.462. The summed E-state index contributed by atoms with van der Waals surface area (Å²) in [7, 11) is -5.14. The van der Waals surface area contributed by atoms with Crippen LogP contribution in [-0.4, -0.2) is 42.5 Å². The van der Waals surface area contributed by atoms with Gasteiger partial charge in [-0.05, 0) is 0 Å². The van der Waals surface area contributed by atoms with Gasteiger partial charge in [-0.15, -0.1) is 0 Å². The first kappa shape index (κ1) is 24.1. The Bertz CT molecular complexity index is 776. The van der Waals surface area contributed by atoms with Gasteiger partial charge in [0.15, 0.2) is 0 Å². The topological polar surface area (TPSA) is 84.8 Å². The molecular weight excluding hydrogens is 395 g/mol. The molecule has 1 aromatic rings. The van der Waals surface area contributed by atoms with Crippen molar-refractivity contribution in [2.75, 3.05) is 0 Å². The van der Waals surface area contributed by atoms with Gasteiger partial charge in [0.1, 0.15) is 0 Å². The zero-order valence-electron chi connectivity index (χ0n) is 20.1. The van der Waals surface area contributed by atoms with Gasteiger partial charge in [0.05, 0.1) is 0 Å². The minimum absolute atomic E-state index is 0.0743. The van der Waals surface area contributed by atoms with E-state index in [1.807, 2.05) is 18.2 Å². The van der Waals surface area contributed by atoms with E-state index >= 15 is 0 Å². The second-order valence-corrected chi connectivity index (χ2v) is 15.9. The van der Waals surface area contributed by atoms with Gasteiger partial charge in [-0.2, -0.15) is 0 Å². The van der Waals surface area contributed by atoms with Gasteiger partial charge in [0.25, 0.3) is 0 Å². The maximum atomic E-state index is 11.7. The van der Waals surface area contributed by atoms with Gasteiger partial charge in [0, 0.05) is 0 Å². The summed E-state index contributed by atoms with van der Waals surface area (Å²) in [4.78, 5) is 35.1. The second-order valence-electron chi connectivity index (χ2n) is 12.6. The van der Waals surface area contributed by atoms with Crippen LogP contribution in [-0.2, 0) is 0 Å². The van der Waals surface area contributed by atoms with Crippen LogP contribution in [0.15, 0.2) is 24.3 Å². The Morgan fingerprint density at radius 3 is 1.57 bits per heavy atom. The van der Waals surface area contributed by atoms with Crippen LogP contribution >= 0.6 is 7.28 Å². The summed E-state index contributed by atoms with van der Waals surface area (Å²) in [5.41, 5.74) is -0.440. The maximum absolute atomic E-state index is 11.7. The fourth-order valence-corrected chi connectivity index (χ4v) is 9.67. The van der Waals surface area contributed by atoms with E-state index in [1.165, 1.54) is 0 Å². The van der Waals surface area contributed by atoms with Crippen molar-refractivity contribution < 1.29 is 14.7 Å². The summed E-state index contributed by atoms with van der Waals surface area (Å²) < 4.78 is 0. The van der Waals surface area contributed by atoms with Gasteiger partial charge in [0.2, 0.25) is 0 Å². The van der Waals surface area contributed by atoms with Crippen molar-refractivity contribution in [3.63, 3.8) is 0 Å². The monoisotopic (exact) mass is 438 g/mol. The van der Waals surface area contributed by atoms with Gasteiger partial charge in [-0.3, -0.25) is 0 Å². The molecule has 0 unspecified atom stereocenters. The first-order valence-electron chi connectivity index (χ1n) is 11.2. The van der Waals surface area contributed by atoms with Crippen molar-refractivity contribution in [1.82, 2.24) is 10.6 Å². The van der Waals surface area contributed by atoms with E-state index in [1.54, 1.807) is 6.07 Å². The zero-order valence-corrected chi connectivity index (χ0v) is 21.0. The Morgan fingerprint density at radius 2 is 1.10 bits per heavy atom. The predicted octanol–water partition coefficient (Wildman–Crippen LogP) is 3.92. The van der Waals surface area contributed by atoms with Crippen molar-refractivity contribution in [2.45, 2.75) is 115 Å². The first-order chi connectivity index (χ1) is 13.3. The van der Waals surface area contributed by atoms with Gasteiger partial charge < -0.3 is 0 Å². The molecular formula is C24H43N2O3P. The summed E-state index contributed by atoms with van der Waals surface area (Å²) >= 11 is 0. The van der Waals surface area contributed by atoms with Crippen LogP contribution in [0.3, 0.4) is 0 Å². The summed E-state index contributed by atoms with van der Waals surface area (Å²) in [6.07, 6.45) is 2.77. The van der Waals surface area contributed by atoms with Gasteiger partial charge in [-0.1, -0.05) is 0 Å². The van der Waals surface area contributed by atoms with Crippen LogP contribution < -0.4 is 15.9 Å². The van der Waals surface area contributed by atoms with E-state index < -0.39 is 12.9 Å². The van der Waals surface area contributed by atoms with Crippen molar-refractivity contribution in [3.05, 3.63) is 29.8 Å². The average Bonchev–Trinajstić information content (AvgIpc) is 2.48. The third-order valence-corrected chi connectivity index (χ3v) is 9.91. The van der Waals surface area contributed by atoms with E-state index in [-0.39, 0.29) is 28.1 Å². The predicted molar refractivity (Wildman–Crippen MR) is 127 cm³/mol. The Balaban J connectivity index is 2.07. The Hall–Kier alpha value is -0.550. The third kappa shape index (κ3) is 4.92. The molecule has 2 aliphatic rings. The molecule has 0 amide bonds. The van der Waals surface area contributed by atoms with Crippen LogP contribution in [0.2, 0.25) is 0 Å². The summed E-state index contributed by atoms with van der Waals surface area (Å²) in [5, 5.41) is 7.64. The SMILES string of the molecule is CC1(C)CC(c2ccccc2P(O)(O)(O)C2CC(C)(C)NC(C)(C)C2)CC(C)(C)N1. The van der Waals surface area contributed by atoms with Crippen molar-refractivity contribution in [2.24, 2.45) is 0 Å². The molecule has 0 atom stereocenters. The molecule has 3 rings (SSSR count). The van der Waals surface area contributed by atoms with Crippen LogP contribution in [0.25, 0.3) is 0 Å². The molecule has 2 fully saturated rings. The second kappa shape index (κ2) is 6.97. The molecule has 5 nitrogen and oxygen atoms in total. The molecule has 0 radical (unpaired) electrons. The number of hydrogen-bond donors (Lipinski definition) is 5. The molecule has 172 valence electrons. The van der Waals surface area contributed by atoms with Crippen LogP contribution in [0.5, 0.6) is 0 Å². The molecule has 2 heterocycles.